The van der Waals surface area contributed by atoms with Gasteiger partial charge in [-0.2, -0.15) is 0 Å². The summed E-state index contributed by atoms with van der Waals surface area (Å²) in [5.74, 6) is 1.57. The number of carbonyl (C=O) groups excluding carboxylic acids is 1. The highest BCUT2D eigenvalue weighted by Gasteiger charge is 2.43. The Morgan fingerprint density at radius 2 is 1.83 bits per heavy atom. The molecule has 0 spiro atoms. The smallest absolute Gasteiger partial charge is 0.166 e. The molecule has 0 amide bonds. The summed E-state index contributed by atoms with van der Waals surface area (Å²) in [6.07, 6.45) is 6.88. The predicted molar refractivity (Wildman–Crippen MR) is 116 cm³/mol. The molecule has 2 unspecified atom stereocenters. The molecule has 1 heterocycles. The van der Waals surface area contributed by atoms with Gasteiger partial charge in [-0.1, -0.05) is 30.3 Å². The van der Waals surface area contributed by atoms with Gasteiger partial charge in [0.15, 0.2) is 5.78 Å². The van der Waals surface area contributed by atoms with Crippen molar-refractivity contribution in [2.24, 2.45) is 11.8 Å². The summed E-state index contributed by atoms with van der Waals surface area (Å²) >= 11 is 0. The van der Waals surface area contributed by atoms with Crippen molar-refractivity contribution in [2.45, 2.75) is 51.0 Å². The van der Waals surface area contributed by atoms with E-state index in [-0.39, 0.29) is 24.1 Å². The average Bonchev–Trinajstić information content (AvgIpc) is 2.98. The second kappa shape index (κ2) is 8.57. The first-order chi connectivity index (χ1) is 13.7. The maximum atomic E-state index is 13.4. The van der Waals surface area contributed by atoms with Crippen molar-refractivity contribution in [3.8, 4) is 0 Å². The molecule has 29 heavy (non-hydrogen) atoms. The molecule has 4 heteroatoms. The van der Waals surface area contributed by atoms with Crippen molar-refractivity contribution in [3.63, 3.8) is 0 Å². The van der Waals surface area contributed by atoms with Crippen molar-refractivity contribution >= 4 is 18.2 Å². The highest BCUT2D eigenvalue weighted by atomic mass is 35.5. The third kappa shape index (κ3) is 4.00. The Hall–Kier alpha value is -1.71. The van der Waals surface area contributed by atoms with Gasteiger partial charge in [0.05, 0.1) is 0 Å². The van der Waals surface area contributed by atoms with E-state index in [0.29, 0.717) is 17.6 Å². The zero-order chi connectivity index (χ0) is 19.1. The molecule has 5 rings (SSSR count). The summed E-state index contributed by atoms with van der Waals surface area (Å²) in [7, 11) is 0. The number of halogens is 2. The predicted octanol–water partition coefficient (Wildman–Crippen LogP) is 5.78. The zero-order valence-electron chi connectivity index (χ0n) is 16.8. The molecule has 0 aromatic heterocycles. The van der Waals surface area contributed by atoms with E-state index in [1.54, 1.807) is 12.1 Å². The summed E-state index contributed by atoms with van der Waals surface area (Å²) in [5.41, 5.74) is 4.90. The molecule has 2 aromatic carbocycles. The molecule has 2 atom stereocenters. The number of ketones is 1. The van der Waals surface area contributed by atoms with Crippen LogP contribution in [-0.4, -0.2) is 23.8 Å². The van der Waals surface area contributed by atoms with Crippen LogP contribution >= 0.6 is 12.4 Å². The van der Waals surface area contributed by atoms with Crippen LogP contribution in [0.1, 0.15) is 65.1 Å². The minimum absolute atomic E-state index is 0. The van der Waals surface area contributed by atoms with Crippen molar-refractivity contribution < 1.29 is 9.18 Å². The van der Waals surface area contributed by atoms with E-state index < -0.39 is 0 Å². The van der Waals surface area contributed by atoms with Crippen molar-refractivity contribution in [2.75, 3.05) is 13.1 Å². The van der Waals surface area contributed by atoms with Gasteiger partial charge in [-0.3, -0.25) is 9.69 Å². The van der Waals surface area contributed by atoms with E-state index in [4.69, 9.17) is 0 Å². The van der Waals surface area contributed by atoms with Crippen molar-refractivity contribution in [1.82, 2.24) is 4.90 Å². The maximum absolute atomic E-state index is 13.4. The molecule has 0 saturated carbocycles. The van der Waals surface area contributed by atoms with E-state index in [2.05, 4.69) is 23.1 Å². The molecule has 0 N–H and O–H groups in total. The lowest BCUT2D eigenvalue weighted by atomic mass is 9.76. The highest BCUT2D eigenvalue weighted by molar-refractivity contribution is 6.03. The second-order valence-corrected chi connectivity index (χ2v) is 8.93. The monoisotopic (exact) mass is 413 g/mol. The summed E-state index contributed by atoms with van der Waals surface area (Å²) < 4.78 is 13.4. The molecule has 1 saturated heterocycles. The minimum atomic E-state index is -0.154. The quantitative estimate of drug-likeness (QED) is 0.633. The van der Waals surface area contributed by atoms with Gasteiger partial charge in [-0.05, 0) is 92.3 Å². The molecule has 0 radical (unpaired) electrons. The fourth-order valence-corrected chi connectivity index (χ4v) is 5.83. The van der Waals surface area contributed by atoms with Crippen molar-refractivity contribution in [1.29, 1.82) is 0 Å². The summed E-state index contributed by atoms with van der Waals surface area (Å²) in [6.45, 7) is 2.92. The number of aryl methyl sites for hydroxylation is 1. The number of Topliss-reactive ketones (excluding diaryl/α,β-unsaturated/α-hetero) is 1. The standard InChI is InChI=1S/C25H28FNO.ClH/c26-20-7-1-4-18(14-20)16-27-12-10-17(11-13-27)15-23-21-8-2-5-19-6-3-9-22(24(19)21)25(23)28;/h1,3-4,6-7,9,14,17,21,23H,2,5,8,10-13,15-16H2;1H. The van der Waals surface area contributed by atoms with Crippen LogP contribution < -0.4 is 0 Å². The van der Waals surface area contributed by atoms with Gasteiger partial charge >= 0.3 is 0 Å². The zero-order valence-corrected chi connectivity index (χ0v) is 17.6. The summed E-state index contributed by atoms with van der Waals surface area (Å²) in [6, 6.07) is 13.3. The van der Waals surface area contributed by atoms with E-state index >= 15 is 0 Å². The Kier molecular flexibility index (Phi) is 6.08. The van der Waals surface area contributed by atoms with Crippen LogP contribution in [0.5, 0.6) is 0 Å². The Morgan fingerprint density at radius 3 is 2.62 bits per heavy atom. The second-order valence-electron chi connectivity index (χ2n) is 8.93. The Morgan fingerprint density at radius 1 is 1.03 bits per heavy atom. The fourth-order valence-electron chi connectivity index (χ4n) is 5.83. The number of piperidine rings is 1. The van der Waals surface area contributed by atoms with Gasteiger partial charge in [0.2, 0.25) is 0 Å². The molecular formula is C25H29ClFNO. The van der Waals surface area contributed by atoms with E-state index in [0.717, 1.165) is 56.4 Å². The Bertz CT molecular complexity index is 890. The van der Waals surface area contributed by atoms with Crippen LogP contribution in [0.15, 0.2) is 42.5 Å². The molecule has 2 aromatic rings. The number of carbonyl (C=O) groups is 1. The largest absolute Gasteiger partial charge is 0.299 e. The van der Waals surface area contributed by atoms with E-state index in [9.17, 15) is 9.18 Å². The first-order valence-corrected chi connectivity index (χ1v) is 10.8. The third-order valence-corrected chi connectivity index (χ3v) is 7.21. The van der Waals surface area contributed by atoms with Crippen LogP contribution in [-0.2, 0) is 13.0 Å². The first kappa shape index (κ1) is 20.6. The number of hydrogen-bond donors (Lipinski definition) is 0. The molecule has 3 aliphatic rings. The van der Waals surface area contributed by atoms with Crippen LogP contribution in [0.4, 0.5) is 4.39 Å². The summed E-state index contributed by atoms with van der Waals surface area (Å²) in [4.78, 5) is 15.5. The number of hydrogen-bond acceptors (Lipinski definition) is 2. The molecule has 1 fully saturated rings. The molecular weight excluding hydrogens is 385 g/mol. The number of rotatable bonds is 4. The molecule has 0 bridgehead atoms. The van der Waals surface area contributed by atoms with Gasteiger partial charge in [0.25, 0.3) is 0 Å². The lowest BCUT2D eigenvalue weighted by molar-refractivity contribution is 0.0870. The Labute approximate surface area is 178 Å². The maximum Gasteiger partial charge on any atom is 0.166 e. The van der Waals surface area contributed by atoms with Gasteiger partial charge in [-0.15, -0.1) is 12.4 Å². The lowest BCUT2D eigenvalue weighted by Crippen LogP contribution is -2.34. The SMILES string of the molecule is Cl.O=C1c2cccc3c2C(CCC3)C1CC1CCN(Cc2cccc(F)c2)CC1. The van der Waals surface area contributed by atoms with Crippen molar-refractivity contribution in [3.05, 3.63) is 70.5 Å². The van der Waals surface area contributed by atoms with Crippen LogP contribution in [0.3, 0.4) is 0 Å². The van der Waals surface area contributed by atoms with Crippen LogP contribution in [0.2, 0.25) is 0 Å². The minimum Gasteiger partial charge on any atom is -0.299 e. The Balaban J connectivity index is 0.00000205. The molecule has 1 aliphatic heterocycles. The normalized spacial score (nSPS) is 24.2. The van der Waals surface area contributed by atoms with E-state index in [1.807, 2.05) is 6.07 Å². The van der Waals surface area contributed by atoms with E-state index in [1.165, 1.54) is 30.0 Å². The van der Waals surface area contributed by atoms with Gasteiger partial charge in [-0.25, -0.2) is 4.39 Å². The fraction of sp³-hybridized carbons (Fsp3) is 0.480. The average molecular weight is 414 g/mol. The highest BCUT2D eigenvalue weighted by Crippen LogP contribution is 2.48. The lowest BCUT2D eigenvalue weighted by Gasteiger charge is -2.34. The molecule has 2 nitrogen and oxygen atoms in total. The first-order valence-electron chi connectivity index (χ1n) is 10.8. The van der Waals surface area contributed by atoms with Gasteiger partial charge in [0.1, 0.15) is 5.82 Å². The number of likely N-dealkylation sites (tertiary alicyclic amines) is 1. The number of nitrogens with zero attached hydrogens (tertiary/aromatic N) is 1. The topological polar surface area (TPSA) is 20.3 Å². The van der Waals surface area contributed by atoms with Crippen LogP contribution in [0.25, 0.3) is 0 Å². The number of benzene rings is 2. The molecule has 154 valence electrons. The summed E-state index contributed by atoms with van der Waals surface area (Å²) in [5, 5.41) is 0. The van der Waals surface area contributed by atoms with Crippen LogP contribution in [0, 0.1) is 17.7 Å². The third-order valence-electron chi connectivity index (χ3n) is 7.21. The molecule has 2 aliphatic carbocycles. The van der Waals surface area contributed by atoms with Gasteiger partial charge in [0, 0.05) is 18.0 Å². The van der Waals surface area contributed by atoms with Gasteiger partial charge < -0.3 is 0 Å².